The van der Waals surface area contributed by atoms with Gasteiger partial charge in [0.25, 0.3) is 0 Å². The highest BCUT2D eigenvalue weighted by molar-refractivity contribution is 5.30. The lowest BCUT2D eigenvalue weighted by Crippen LogP contribution is -2.13. The van der Waals surface area contributed by atoms with E-state index in [9.17, 15) is 0 Å². The maximum Gasteiger partial charge on any atom is 0.119 e. The van der Waals surface area contributed by atoms with Gasteiger partial charge in [0.15, 0.2) is 0 Å². The predicted molar refractivity (Wildman–Crippen MR) is 80.7 cm³/mol. The van der Waals surface area contributed by atoms with Gasteiger partial charge in [-0.05, 0) is 68.2 Å². The molecule has 0 saturated heterocycles. The van der Waals surface area contributed by atoms with Gasteiger partial charge in [0, 0.05) is 0 Å². The number of hydrogen-bond acceptors (Lipinski definition) is 1. The molecule has 0 spiro atoms. The highest BCUT2D eigenvalue weighted by Gasteiger charge is 2.22. The van der Waals surface area contributed by atoms with Crippen molar-refractivity contribution >= 4 is 0 Å². The summed E-state index contributed by atoms with van der Waals surface area (Å²) in [6.45, 7) is 5.07. The average molecular weight is 259 g/mol. The molecule has 1 fully saturated rings. The Balaban J connectivity index is 1.88. The van der Waals surface area contributed by atoms with Crippen LogP contribution in [-0.2, 0) is 0 Å². The van der Waals surface area contributed by atoms with E-state index in [1.165, 1.54) is 50.5 Å². The first kappa shape index (κ1) is 14.4. The van der Waals surface area contributed by atoms with Crippen molar-refractivity contribution in [1.82, 2.24) is 0 Å². The minimum absolute atomic E-state index is 0.707. The van der Waals surface area contributed by atoms with Crippen LogP contribution in [0.25, 0.3) is 0 Å². The molecule has 0 unspecified atom stereocenters. The summed E-state index contributed by atoms with van der Waals surface area (Å²) in [6, 6.07) is 9.64. The lowest BCUT2D eigenvalue weighted by Gasteiger charge is -2.28. The third kappa shape index (κ3) is 4.26. The Morgan fingerprint density at radius 3 is 2.68 bits per heavy atom. The van der Waals surface area contributed by atoms with Crippen LogP contribution in [0.1, 0.15) is 70.3 Å². The van der Waals surface area contributed by atoms with Gasteiger partial charge in [0.05, 0.1) is 6.61 Å². The lowest BCUT2D eigenvalue weighted by molar-refractivity contribution is 0.302. The Kier molecular flexibility index (Phi) is 5.75. The van der Waals surface area contributed by atoms with Crippen molar-refractivity contribution in [2.75, 3.05) is 6.61 Å². The molecule has 1 nitrogen and oxygen atoms in total. The van der Waals surface area contributed by atoms with Crippen LogP contribution >= 0.6 is 0 Å². The Bertz CT molecular complexity index is 364. The normalized spacial score (nSPS) is 23.3. The largest absolute Gasteiger partial charge is 0.494 e. The predicted octanol–water partition coefficient (Wildman–Crippen LogP) is 5.35. The van der Waals surface area contributed by atoms with Crippen LogP contribution in [0.5, 0.6) is 5.75 Å². The fourth-order valence-corrected chi connectivity index (χ4v) is 3.21. The molecule has 1 aliphatic rings. The van der Waals surface area contributed by atoms with Gasteiger partial charge >= 0.3 is 0 Å². The van der Waals surface area contributed by atoms with E-state index in [2.05, 4.69) is 19.1 Å². The van der Waals surface area contributed by atoms with Crippen molar-refractivity contribution in [3.8, 4) is 5.75 Å². The molecule has 2 rings (SSSR count). The highest BCUT2D eigenvalue weighted by atomic mass is 16.5. The third-order valence-electron chi connectivity index (χ3n) is 4.36. The monoisotopic (exact) mass is 259 g/mol. The van der Waals surface area contributed by atoms with E-state index in [1.807, 2.05) is 19.1 Å². The first-order valence-electron chi connectivity index (χ1n) is 7.97. The number of benzene rings is 1. The summed E-state index contributed by atoms with van der Waals surface area (Å²) < 4.78 is 5.59. The Morgan fingerprint density at radius 1 is 1.21 bits per heavy atom. The highest BCUT2D eigenvalue weighted by Crippen LogP contribution is 2.38. The summed E-state index contributed by atoms with van der Waals surface area (Å²) in [7, 11) is 0. The second-order valence-corrected chi connectivity index (χ2v) is 5.77. The van der Waals surface area contributed by atoms with Crippen LogP contribution in [0, 0.1) is 12.0 Å². The SMILES string of the molecule is CCCC[C@H]1CC[C@H](c2[c]ccc(OCC)c2)CC1. The lowest BCUT2D eigenvalue weighted by atomic mass is 9.77. The van der Waals surface area contributed by atoms with Crippen LogP contribution in [0.15, 0.2) is 18.2 Å². The van der Waals surface area contributed by atoms with Crippen molar-refractivity contribution in [3.05, 3.63) is 29.8 Å². The van der Waals surface area contributed by atoms with Crippen LogP contribution in [0.2, 0.25) is 0 Å². The minimum atomic E-state index is 0.707. The Labute approximate surface area is 118 Å². The molecular weight excluding hydrogens is 232 g/mol. The summed E-state index contributed by atoms with van der Waals surface area (Å²) in [4.78, 5) is 0. The number of hydrogen-bond donors (Lipinski definition) is 0. The van der Waals surface area contributed by atoms with E-state index in [4.69, 9.17) is 4.74 Å². The van der Waals surface area contributed by atoms with Crippen molar-refractivity contribution < 1.29 is 4.74 Å². The van der Waals surface area contributed by atoms with E-state index in [0.717, 1.165) is 18.3 Å². The molecule has 1 heteroatoms. The summed E-state index contributed by atoms with van der Waals surface area (Å²) in [5.41, 5.74) is 1.36. The van der Waals surface area contributed by atoms with Crippen LogP contribution in [-0.4, -0.2) is 6.61 Å². The molecule has 0 atom stereocenters. The van der Waals surface area contributed by atoms with Crippen molar-refractivity contribution in [2.24, 2.45) is 5.92 Å². The summed E-state index contributed by atoms with van der Waals surface area (Å²) >= 11 is 0. The van der Waals surface area contributed by atoms with Crippen LogP contribution < -0.4 is 4.74 Å². The Hall–Kier alpha value is -0.980. The fraction of sp³-hybridized carbons (Fsp3) is 0.667. The Morgan fingerprint density at radius 2 is 2.00 bits per heavy atom. The molecule has 1 aromatic carbocycles. The smallest absolute Gasteiger partial charge is 0.119 e. The minimum Gasteiger partial charge on any atom is -0.494 e. The van der Waals surface area contributed by atoms with Gasteiger partial charge in [0.2, 0.25) is 0 Å². The van der Waals surface area contributed by atoms with Gasteiger partial charge in [0.1, 0.15) is 5.75 Å². The van der Waals surface area contributed by atoms with Gasteiger partial charge < -0.3 is 4.74 Å². The zero-order chi connectivity index (χ0) is 13.5. The van der Waals surface area contributed by atoms with E-state index < -0.39 is 0 Å². The first-order chi connectivity index (χ1) is 9.33. The maximum atomic E-state index is 5.59. The molecule has 1 aromatic rings. The molecule has 0 bridgehead atoms. The number of unbranched alkanes of at least 4 members (excludes halogenated alkanes) is 1. The summed E-state index contributed by atoms with van der Waals surface area (Å²) in [6.07, 6.45) is 9.65. The van der Waals surface area contributed by atoms with E-state index in [1.54, 1.807) is 0 Å². The zero-order valence-corrected chi connectivity index (χ0v) is 12.5. The second kappa shape index (κ2) is 7.57. The summed E-state index contributed by atoms with van der Waals surface area (Å²) in [5.74, 6) is 2.69. The van der Waals surface area contributed by atoms with Gasteiger partial charge in [-0.3, -0.25) is 0 Å². The van der Waals surface area contributed by atoms with Crippen molar-refractivity contribution in [3.63, 3.8) is 0 Å². The molecule has 1 saturated carbocycles. The van der Waals surface area contributed by atoms with Crippen LogP contribution in [0.4, 0.5) is 0 Å². The van der Waals surface area contributed by atoms with Crippen molar-refractivity contribution in [2.45, 2.75) is 64.7 Å². The maximum absolute atomic E-state index is 5.59. The molecule has 1 radical (unpaired) electrons. The number of ether oxygens (including phenoxy) is 1. The molecule has 19 heavy (non-hydrogen) atoms. The van der Waals surface area contributed by atoms with E-state index in [0.29, 0.717) is 5.92 Å². The van der Waals surface area contributed by atoms with Crippen molar-refractivity contribution in [1.29, 1.82) is 0 Å². The quantitative estimate of drug-likeness (QED) is 0.669. The summed E-state index contributed by atoms with van der Waals surface area (Å²) in [5, 5.41) is 0. The van der Waals surface area contributed by atoms with Gasteiger partial charge in [-0.1, -0.05) is 32.3 Å². The topological polar surface area (TPSA) is 9.23 Å². The fourth-order valence-electron chi connectivity index (χ4n) is 3.21. The second-order valence-electron chi connectivity index (χ2n) is 5.77. The first-order valence-corrected chi connectivity index (χ1v) is 7.97. The zero-order valence-electron chi connectivity index (χ0n) is 12.5. The number of rotatable bonds is 6. The standard InChI is InChI=1S/C18H27O/c1-3-5-7-15-10-12-16(13-11-15)17-8-6-9-18(14-17)19-4-2/h6,9,14-16H,3-5,7,10-13H2,1-2H3/t15-,16-. The van der Waals surface area contributed by atoms with E-state index >= 15 is 0 Å². The molecule has 105 valence electrons. The molecule has 0 N–H and O–H groups in total. The molecule has 0 aliphatic heterocycles. The molecular formula is C18H27O. The van der Waals surface area contributed by atoms with E-state index in [-0.39, 0.29) is 0 Å². The molecule has 0 heterocycles. The molecule has 1 aliphatic carbocycles. The van der Waals surface area contributed by atoms with Crippen LogP contribution in [0.3, 0.4) is 0 Å². The molecule has 0 aromatic heterocycles. The van der Waals surface area contributed by atoms with Gasteiger partial charge in [-0.2, -0.15) is 0 Å². The third-order valence-corrected chi connectivity index (χ3v) is 4.36. The average Bonchev–Trinajstić information content (AvgIpc) is 2.46. The van der Waals surface area contributed by atoms with Gasteiger partial charge in [-0.15, -0.1) is 0 Å². The molecule has 0 amide bonds. The van der Waals surface area contributed by atoms with Gasteiger partial charge in [-0.25, -0.2) is 0 Å².